The Morgan fingerprint density at radius 1 is 1.59 bits per heavy atom. The molecule has 0 aliphatic rings. The second-order valence-electron chi connectivity index (χ2n) is 4.17. The first-order valence-electron chi connectivity index (χ1n) is 5.52. The zero-order valence-electron chi connectivity index (χ0n) is 10.0. The summed E-state index contributed by atoms with van der Waals surface area (Å²) >= 11 is 1.48. The van der Waals surface area contributed by atoms with Crippen LogP contribution < -0.4 is 5.32 Å². The van der Waals surface area contributed by atoms with Crippen LogP contribution in [0.4, 0.5) is 0 Å². The number of aromatic nitrogens is 1. The summed E-state index contributed by atoms with van der Waals surface area (Å²) in [6.45, 7) is 4.56. The van der Waals surface area contributed by atoms with Crippen molar-refractivity contribution in [2.75, 3.05) is 6.61 Å². The first kappa shape index (κ1) is 14.1. The normalized spacial score (nSPS) is 12.9. The summed E-state index contributed by atoms with van der Waals surface area (Å²) < 4.78 is 0. The number of carboxylic acid groups (broad SMARTS) is 1. The van der Waals surface area contributed by atoms with Crippen molar-refractivity contribution in [3.8, 4) is 0 Å². The molecule has 6 heteroatoms. The minimum Gasteiger partial charge on any atom is -0.481 e. The quantitative estimate of drug-likeness (QED) is 0.684. The Labute approximate surface area is 105 Å². The van der Waals surface area contributed by atoms with Crippen LogP contribution in [0.2, 0.25) is 0 Å². The van der Waals surface area contributed by atoms with Crippen LogP contribution in [-0.2, 0) is 11.3 Å². The standard InChI is InChI=1S/C11H18N2O3S/c1-7(2)12-4-9-11(13-6-17-9)8(5-14)3-10(15)16/h6-8,12,14H,3-5H2,1-2H3,(H,15,16). The monoisotopic (exact) mass is 258 g/mol. The number of aliphatic hydroxyl groups is 1. The Bertz CT molecular complexity index is 365. The number of aliphatic carboxylic acids is 1. The van der Waals surface area contributed by atoms with E-state index in [9.17, 15) is 9.90 Å². The average Bonchev–Trinajstić information content (AvgIpc) is 2.70. The number of carboxylic acids is 1. The lowest BCUT2D eigenvalue weighted by atomic mass is 10.0. The Morgan fingerprint density at radius 2 is 2.29 bits per heavy atom. The maximum absolute atomic E-state index is 10.7. The minimum absolute atomic E-state index is 0.0884. The SMILES string of the molecule is CC(C)NCc1scnc1C(CO)CC(=O)O. The van der Waals surface area contributed by atoms with Crippen LogP contribution in [0.15, 0.2) is 5.51 Å². The lowest BCUT2D eigenvalue weighted by Crippen LogP contribution is -2.22. The summed E-state index contributed by atoms with van der Waals surface area (Å²) in [4.78, 5) is 15.9. The molecule has 1 aromatic rings. The highest BCUT2D eigenvalue weighted by atomic mass is 32.1. The van der Waals surface area contributed by atoms with Gasteiger partial charge in [-0.2, -0.15) is 0 Å². The molecular formula is C11H18N2O3S. The number of carbonyl (C=O) groups is 1. The zero-order valence-corrected chi connectivity index (χ0v) is 10.8. The molecule has 0 spiro atoms. The maximum atomic E-state index is 10.7. The molecule has 0 aliphatic carbocycles. The lowest BCUT2D eigenvalue weighted by Gasteiger charge is -2.13. The molecule has 0 bridgehead atoms. The lowest BCUT2D eigenvalue weighted by molar-refractivity contribution is -0.137. The molecule has 0 saturated heterocycles. The first-order chi connectivity index (χ1) is 8.04. The van der Waals surface area contributed by atoms with Gasteiger partial charge in [-0.15, -0.1) is 11.3 Å². The summed E-state index contributed by atoms with van der Waals surface area (Å²) in [5, 5.41) is 21.3. The van der Waals surface area contributed by atoms with Gasteiger partial charge < -0.3 is 15.5 Å². The van der Waals surface area contributed by atoms with Gasteiger partial charge in [0.15, 0.2) is 0 Å². The number of aliphatic hydroxyl groups excluding tert-OH is 1. The number of thiazole rings is 1. The predicted octanol–water partition coefficient (Wildman–Crippen LogP) is 1.19. The van der Waals surface area contributed by atoms with E-state index in [1.807, 2.05) is 13.8 Å². The Balaban J connectivity index is 2.74. The van der Waals surface area contributed by atoms with Crippen LogP contribution in [-0.4, -0.2) is 33.8 Å². The van der Waals surface area contributed by atoms with Crippen molar-refractivity contribution in [1.29, 1.82) is 0 Å². The third-order valence-corrected chi connectivity index (χ3v) is 3.22. The molecule has 1 aromatic heterocycles. The van der Waals surface area contributed by atoms with E-state index in [2.05, 4.69) is 10.3 Å². The largest absolute Gasteiger partial charge is 0.481 e. The molecule has 0 saturated carbocycles. The number of nitrogens with zero attached hydrogens (tertiary/aromatic N) is 1. The van der Waals surface area contributed by atoms with Gasteiger partial charge in [-0.25, -0.2) is 4.98 Å². The van der Waals surface area contributed by atoms with Gasteiger partial charge in [-0.1, -0.05) is 13.8 Å². The van der Waals surface area contributed by atoms with Crippen molar-refractivity contribution in [3.05, 3.63) is 16.1 Å². The fraction of sp³-hybridized carbons (Fsp3) is 0.636. The predicted molar refractivity (Wildman–Crippen MR) is 66.2 cm³/mol. The van der Waals surface area contributed by atoms with Crippen molar-refractivity contribution in [2.45, 2.75) is 38.8 Å². The highest BCUT2D eigenvalue weighted by Crippen LogP contribution is 2.24. The molecule has 3 N–H and O–H groups in total. The van der Waals surface area contributed by atoms with Crippen LogP contribution in [0, 0.1) is 0 Å². The van der Waals surface area contributed by atoms with Crippen LogP contribution in [0.5, 0.6) is 0 Å². The van der Waals surface area contributed by atoms with Crippen molar-refractivity contribution in [1.82, 2.24) is 10.3 Å². The van der Waals surface area contributed by atoms with Gasteiger partial charge in [0, 0.05) is 23.4 Å². The van der Waals surface area contributed by atoms with E-state index in [0.717, 1.165) is 4.88 Å². The highest BCUT2D eigenvalue weighted by Gasteiger charge is 2.20. The zero-order chi connectivity index (χ0) is 12.8. The molecule has 1 unspecified atom stereocenters. The van der Waals surface area contributed by atoms with Gasteiger partial charge in [0.25, 0.3) is 0 Å². The van der Waals surface area contributed by atoms with E-state index in [-0.39, 0.29) is 13.0 Å². The fourth-order valence-electron chi connectivity index (χ4n) is 1.50. The first-order valence-corrected chi connectivity index (χ1v) is 6.40. The Kier molecular flexibility index (Phi) is 5.54. The summed E-state index contributed by atoms with van der Waals surface area (Å²) in [6.07, 6.45) is -0.0884. The van der Waals surface area contributed by atoms with Crippen molar-refractivity contribution in [2.24, 2.45) is 0 Å². The van der Waals surface area contributed by atoms with E-state index in [1.54, 1.807) is 5.51 Å². The van der Waals surface area contributed by atoms with Gasteiger partial charge in [-0.3, -0.25) is 4.79 Å². The number of hydrogen-bond donors (Lipinski definition) is 3. The van der Waals surface area contributed by atoms with Crippen molar-refractivity contribution >= 4 is 17.3 Å². The molecule has 17 heavy (non-hydrogen) atoms. The molecule has 96 valence electrons. The maximum Gasteiger partial charge on any atom is 0.304 e. The summed E-state index contributed by atoms with van der Waals surface area (Å²) in [5.41, 5.74) is 2.39. The second-order valence-corrected chi connectivity index (χ2v) is 5.11. The molecule has 0 aliphatic heterocycles. The van der Waals surface area contributed by atoms with E-state index >= 15 is 0 Å². The number of nitrogens with one attached hydrogen (secondary N) is 1. The van der Waals surface area contributed by atoms with Crippen LogP contribution in [0.1, 0.15) is 36.8 Å². The average molecular weight is 258 g/mol. The molecule has 0 radical (unpaired) electrons. The molecule has 1 rings (SSSR count). The molecule has 0 aromatic carbocycles. The minimum atomic E-state index is -0.917. The number of hydrogen-bond acceptors (Lipinski definition) is 5. The smallest absolute Gasteiger partial charge is 0.304 e. The third kappa shape index (κ3) is 4.41. The molecule has 0 fully saturated rings. The van der Waals surface area contributed by atoms with Gasteiger partial charge in [0.1, 0.15) is 0 Å². The molecule has 5 nitrogen and oxygen atoms in total. The molecule has 0 amide bonds. The van der Waals surface area contributed by atoms with Gasteiger partial charge in [0.2, 0.25) is 0 Å². The highest BCUT2D eigenvalue weighted by molar-refractivity contribution is 7.09. The van der Waals surface area contributed by atoms with Crippen LogP contribution in [0.25, 0.3) is 0 Å². The van der Waals surface area contributed by atoms with E-state index in [1.165, 1.54) is 11.3 Å². The van der Waals surface area contributed by atoms with Crippen LogP contribution >= 0.6 is 11.3 Å². The summed E-state index contributed by atoms with van der Waals surface area (Å²) in [6, 6.07) is 0.358. The van der Waals surface area contributed by atoms with Gasteiger partial charge in [-0.05, 0) is 0 Å². The molecular weight excluding hydrogens is 240 g/mol. The topological polar surface area (TPSA) is 82.5 Å². The van der Waals surface area contributed by atoms with Gasteiger partial charge in [0.05, 0.1) is 24.2 Å². The van der Waals surface area contributed by atoms with E-state index in [0.29, 0.717) is 18.3 Å². The van der Waals surface area contributed by atoms with Crippen LogP contribution in [0.3, 0.4) is 0 Å². The van der Waals surface area contributed by atoms with E-state index in [4.69, 9.17) is 5.11 Å². The molecule has 1 atom stereocenters. The third-order valence-electron chi connectivity index (χ3n) is 2.37. The Hall–Kier alpha value is -0.980. The number of rotatable bonds is 7. The van der Waals surface area contributed by atoms with Crippen molar-refractivity contribution in [3.63, 3.8) is 0 Å². The fourth-order valence-corrected chi connectivity index (χ4v) is 2.30. The molecule has 1 heterocycles. The second kappa shape index (κ2) is 6.68. The summed E-state index contributed by atoms with van der Waals surface area (Å²) in [5.74, 6) is -1.33. The van der Waals surface area contributed by atoms with Gasteiger partial charge >= 0.3 is 5.97 Å². The summed E-state index contributed by atoms with van der Waals surface area (Å²) in [7, 11) is 0. The van der Waals surface area contributed by atoms with Crippen molar-refractivity contribution < 1.29 is 15.0 Å². The Morgan fingerprint density at radius 3 is 2.82 bits per heavy atom. The van der Waals surface area contributed by atoms with E-state index < -0.39 is 11.9 Å².